The molecule has 11 rings (SSSR count). The predicted octanol–water partition coefficient (Wildman–Crippen LogP) is 16.3. The van der Waals surface area contributed by atoms with E-state index in [1.54, 1.807) is 0 Å². The number of halogens is 1. The van der Waals surface area contributed by atoms with Crippen molar-refractivity contribution in [1.82, 2.24) is 0 Å². The molecule has 13 atom stereocenters. The van der Waals surface area contributed by atoms with Gasteiger partial charge >= 0.3 is 27.0 Å². The van der Waals surface area contributed by atoms with Gasteiger partial charge in [-0.15, -0.1) is 5.70 Å². The maximum absolute atomic E-state index is 7.39. The predicted molar refractivity (Wildman–Crippen MR) is 348 cm³/mol. The number of aliphatic imine (C=N–C) groups is 3. The third-order valence-electron chi connectivity index (χ3n) is 18.6. The van der Waals surface area contributed by atoms with Crippen LogP contribution in [0.5, 0.6) is 0 Å². The second-order valence-corrected chi connectivity index (χ2v) is 28.5. The van der Waals surface area contributed by atoms with Crippen molar-refractivity contribution in [3.63, 3.8) is 0 Å². The molecule has 466 valence electrons. The second-order valence-electron chi connectivity index (χ2n) is 28.5. The Labute approximate surface area is 538 Å². The zero-order valence-electron chi connectivity index (χ0n) is 54.2. The molecular formula is C74H93ClN4O8Zn. The normalized spacial score (nSPS) is 34.5. The standard InChI is InChI=1S/C74H93N4O8.ClH.Zn/c1-49-59(79-43-51-25-17-13-18-26-51)36-61(81-45-53-29-21-15-22-30-53)67(85-49)73(11)41-56-33-55-39-72(10,48-84-70(6,7)8)64(75-55)38-66-74(12,42-58(78-66)34-63-71(9,47-83-69(3,4)5)40-57(76-63)35-65(73)77-56)68-62(82-46-54-31-23-16-24-32-54)37-60(50(2)86-68)80-44-52-27-19-14-20-28-52;;/h13-35,38,49-50,59-62,65,67-68H,36-37,39-48H2,1-12H3;1H;/q-1;;+2/p-1/b55-33-,57-35-,58-34-,66-38-;;/t49-,50-,59-,60-,61-,62-,65?,67-,68-,71?,72?,73-,74-;;/m1../s1. The summed E-state index contributed by atoms with van der Waals surface area (Å²) in [6, 6.07) is 41.3. The Morgan fingerprint density at radius 3 is 1.40 bits per heavy atom. The van der Waals surface area contributed by atoms with Crippen LogP contribution >= 0.6 is 9.69 Å². The first-order valence-corrected chi connectivity index (χ1v) is 35.7. The molecule has 4 aromatic rings. The van der Waals surface area contributed by atoms with Crippen LogP contribution in [-0.2, 0) is 81.6 Å². The fourth-order valence-electron chi connectivity index (χ4n) is 13.5. The van der Waals surface area contributed by atoms with Crippen molar-refractivity contribution in [3.05, 3.63) is 196 Å². The fourth-order valence-corrected chi connectivity index (χ4v) is 13.5. The van der Waals surface area contributed by atoms with Crippen LogP contribution in [0.15, 0.2) is 183 Å². The monoisotopic (exact) mass is 1260 g/mol. The van der Waals surface area contributed by atoms with Gasteiger partial charge in [0, 0.05) is 75.9 Å². The third-order valence-corrected chi connectivity index (χ3v) is 18.6. The van der Waals surface area contributed by atoms with E-state index in [9.17, 15) is 0 Å². The van der Waals surface area contributed by atoms with Gasteiger partial charge in [0.05, 0.1) is 106 Å². The summed E-state index contributed by atoms with van der Waals surface area (Å²) >= 11 is 0.847. The van der Waals surface area contributed by atoms with Crippen molar-refractivity contribution >= 4 is 26.8 Å². The second kappa shape index (κ2) is 28.0. The molecule has 0 spiro atoms. The quantitative estimate of drug-likeness (QED) is 0.0902. The number of rotatable bonds is 18. The molecule has 0 aromatic heterocycles. The number of hydrogen-bond donors (Lipinski definition) is 0. The molecule has 0 aliphatic carbocycles. The Morgan fingerprint density at radius 2 is 0.932 bits per heavy atom. The van der Waals surface area contributed by atoms with Crippen LogP contribution in [0.2, 0.25) is 0 Å². The van der Waals surface area contributed by atoms with Crippen molar-refractivity contribution in [2.75, 3.05) is 13.2 Å². The molecule has 7 aliphatic heterocycles. The molecule has 3 fully saturated rings. The van der Waals surface area contributed by atoms with Crippen molar-refractivity contribution < 1.29 is 55.2 Å². The topological polar surface area (TPSA) is 125 Å². The number of hydrogen-bond acceptors (Lipinski definition) is 11. The number of nitrogens with zero attached hydrogens (tertiary/aromatic N) is 4. The molecule has 4 aromatic carbocycles. The summed E-state index contributed by atoms with van der Waals surface area (Å²) in [5.74, 6) is 0. The van der Waals surface area contributed by atoms with E-state index in [0.29, 0.717) is 78.2 Å². The summed E-state index contributed by atoms with van der Waals surface area (Å²) in [6.45, 7) is 29.0. The van der Waals surface area contributed by atoms with E-state index >= 15 is 0 Å². The average molecular weight is 1270 g/mol. The van der Waals surface area contributed by atoms with Crippen LogP contribution in [0.3, 0.4) is 0 Å². The van der Waals surface area contributed by atoms with Gasteiger partial charge in [0.25, 0.3) is 0 Å². The van der Waals surface area contributed by atoms with E-state index < -0.39 is 27.8 Å². The van der Waals surface area contributed by atoms with Gasteiger partial charge in [-0.3, -0.25) is 15.0 Å². The third kappa shape index (κ3) is 15.9. The molecule has 88 heavy (non-hydrogen) atoms. The molecule has 0 saturated carbocycles. The molecule has 0 N–H and O–H groups in total. The van der Waals surface area contributed by atoms with Crippen molar-refractivity contribution in [3.8, 4) is 0 Å². The molecule has 7 aliphatic rings. The minimum atomic E-state index is -0.663. The van der Waals surface area contributed by atoms with Gasteiger partial charge in [0.15, 0.2) is 0 Å². The first-order valence-electron chi connectivity index (χ1n) is 31.8. The van der Waals surface area contributed by atoms with Crippen LogP contribution in [-0.4, -0.2) is 96.4 Å². The first-order chi connectivity index (χ1) is 42.0. The van der Waals surface area contributed by atoms with Crippen LogP contribution in [0.1, 0.15) is 144 Å². The zero-order chi connectivity index (χ0) is 62.5. The van der Waals surface area contributed by atoms with Crippen LogP contribution in [0.25, 0.3) is 5.32 Å². The molecule has 12 nitrogen and oxygen atoms in total. The van der Waals surface area contributed by atoms with E-state index in [2.05, 4.69) is 204 Å². The van der Waals surface area contributed by atoms with Crippen molar-refractivity contribution in [1.29, 1.82) is 0 Å². The minimum absolute atomic E-state index is 0.183. The molecule has 3 unspecified atom stereocenters. The summed E-state index contributed by atoms with van der Waals surface area (Å²) < 4.78 is 56.0. The van der Waals surface area contributed by atoms with Crippen LogP contribution < -0.4 is 0 Å². The summed E-state index contributed by atoms with van der Waals surface area (Å²) in [7, 11) is 4.76. The van der Waals surface area contributed by atoms with Crippen molar-refractivity contribution in [2.45, 2.75) is 214 Å². The molecule has 8 bridgehead atoms. The number of benzene rings is 4. The number of fused-ring (bicyclic) bond motifs is 5. The van der Waals surface area contributed by atoms with E-state index in [-0.39, 0.29) is 60.0 Å². The van der Waals surface area contributed by atoms with E-state index in [1.807, 2.05) is 24.3 Å². The van der Waals surface area contributed by atoms with Gasteiger partial charge in [-0.25, -0.2) is 0 Å². The Balaban J connectivity index is 0.00000423. The summed E-state index contributed by atoms with van der Waals surface area (Å²) in [6.07, 6.45) is 10.7. The Kier molecular flexibility index (Phi) is 21.1. The molecule has 0 radical (unpaired) electrons. The Morgan fingerprint density at radius 1 is 0.523 bits per heavy atom. The summed E-state index contributed by atoms with van der Waals surface area (Å²) in [4.78, 5) is 17.1. The number of allylic oxidation sites excluding steroid dienone is 6. The van der Waals surface area contributed by atoms with Gasteiger partial charge in [-0.2, -0.15) is 5.70 Å². The van der Waals surface area contributed by atoms with Crippen LogP contribution in [0, 0.1) is 21.7 Å². The van der Waals surface area contributed by atoms with Gasteiger partial charge in [-0.1, -0.05) is 161 Å². The van der Waals surface area contributed by atoms with Gasteiger partial charge in [-0.05, 0) is 103 Å². The van der Waals surface area contributed by atoms with E-state index in [0.717, 1.165) is 79.5 Å². The van der Waals surface area contributed by atoms with E-state index in [1.165, 1.54) is 0 Å². The fraction of sp³-hybridized carbons (Fsp3) is 0.527. The van der Waals surface area contributed by atoms with Crippen molar-refractivity contribution in [2.24, 2.45) is 36.6 Å². The average Bonchev–Trinajstić information content (AvgIpc) is 1.66. The summed E-state index contributed by atoms with van der Waals surface area (Å²) in [5.41, 5.74) is 8.05. The SMILES string of the molecule is C[C@H]1O[C@@H]([C@]2(C)C/C3=C/C4=NC(=C\C5N=C(/C=C6/CC(C)(COC(C)(C)C)C(=N6)/C=C/2[N-]3)C[C@@]5(C)[C@@H]2O[C@H](C)[C@H](OCc3ccccc3)C[C@H]2OCc2ccccc2)/CC4(C)COC(C)(C)C)[C@H](OCc2ccccc2)C[C@H]1OCc1ccccc1.[Cl][Zn+]. The Bertz CT molecular complexity index is 3230. The maximum atomic E-state index is 7.39. The van der Waals surface area contributed by atoms with Gasteiger partial charge in [0.2, 0.25) is 0 Å². The van der Waals surface area contributed by atoms with E-state index in [4.69, 9.17) is 67.9 Å². The first kappa shape index (κ1) is 66.2. The molecule has 14 heteroatoms. The zero-order valence-corrected chi connectivity index (χ0v) is 57.9. The molecule has 7 heterocycles. The molecule has 0 amide bonds. The summed E-state index contributed by atoms with van der Waals surface area (Å²) in [5, 5.41) is 5.73. The Hall–Kier alpha value is -4.76. The molecule has 3 saturated heterocycles. The van der Waals surface area contributed by atoms with Gasteiger partial charge in [0.1, 0.15) is 0 Å². The van der Waals surface area contributed by atoms with Crippen LogP contribution in [0.4, 0.5) is 0 Å². The van der Waals surface area contributed by atoms with Gasteiger partial charge < -0.3 is 43.2 Å². The molecular weight excluding hydrogens is 1170 g/mol. The number of ether oxygens (including phenoxy) is 8.